The van der Waals surface area contributed by atoms with Crippen LogP contribution in [-0.2, 0) is 22.2 Å². The first-order valence-electron chi connectivity index (χ1n) is 10.1. The number of hydrogen-bond donors (Lipinski definition) is 1. The van der Waals surface area contributed by atoms with Crippen LogP contribution in [0.25, 0.3) is 0 Å². The fourth-order valence-electron chi connectivity index (χ4n) is 3.34. The van der Waals surface area contributed by atoms with Gasteiger partial charge in [-0.05, 0) is 47.2 Å². The minimum Gasteiger partial charge on any atom is -0.507 e. The highest BCUT2D eigenvalue weighted by molar-refractivity contribution is 8.13. The summed E-state index contributed by atoms with van der Waals surface area (Å²) in [5, 5.41) is 11.7. The topological polar surface area (TPSA) is 59.3 Å². The van der Waals surface area contributed by atoms with Crippen molar-refractivity contribution in [2.75, 3.05) is 0 Å². The molecule has 0 saturated carbocycles. The molecule has 0 amide bonds. The fraction of sp³-hybridized carbons (Fsp3) is 0.500. The van der Waals surface area contributed by atoms with E-state index in [1.54, 1.807) is 6.07 Å². The van der Waals surface area contributed by atoms with E-state index in [0.717, 1.165) is 40.9 Å². The Bertz CT molecular complexity index is 892. The second kappa shape index (κ2) is 8.39. The fourth-order valence-corrected chi connectivity index (χ4v) is 4.08. The average Bonchev–Trinajstić information content (AvgIpc) is 2.94. The molecule has 1 N–H and O–H groups in total. The number of aryl methyl sites for hydroxylation is 1. The van der Waals surface area contributed by atoms with Crippen molar-refractivity contribution in [2.24, 2.45) is 0 Å². The number of benzene rings is 1. The molecule has 0 saturated heterocycles. The van der Waals surface area contributed by atoms with Gasteiger partial charge < -0.3 is 9.67 Å². The number of aromatic nitrogens is 1. The lowest BCUT2D eigenvalue weighted by Gasteiger charge is -2.28. The third-order valence-corrected chi connectivity index (χ3v) is 5.67. The van der Waals surface area contributed by atoms with Gasteiger partial charge in [0, 0.05) is 41.9 Å². The number of carbonyl (C=O) groups is 2. The van der Waals surface area contributed by atoms with E-state index in [2.05, 4.69) is 6.92 Å². The van der Waals surface area contributed by atoms with Crippen molar-refractivity contribution in [1.29, 1.82) is 0 Å². The molecule has 0 unspecified atom stereocenters. The number of thioether (sulfide) groups is 1. The van der Waals surface area contributed by atoms with Crippen LogP contribution in [0.3, 0.4) is 0 Å². The Balaban J connectivity index is 2.62. The van der Waals surface area contributed by atoms with Crippen molar-refractivity contribution in [3.8, 4) is 5.75 Å². The number of nitrogens with zero attached hydrogens (tertiary/aromatic N) is 1. The first kappa shape index (κ1) is 23.3. The van der Waals surface area contributed by atoms with Gasteiger partial charge in [-0.2, -0.15) is 0 Å². The van der Waals surface area contributed by atoms with Crippen molar-refractivity contribution in [3.63, 3.8) is 0 Å². The van der Waals surface area contributed by atoms with Crippen molar-refractivity contribution >= 4 is 22.7 Å². The van der Waals surface area contributed by atoms with Gasteiger partial charge >= 0.3 is 0 Å². The van der Waals surface area contributed by atoms with Crippen LogP contribution >= 0.6 is 11.8 Å². The van der Waals surface area contributed by atoms with Gasteiger partial charge in [-0.1, -0.05) is 48.5 Å². The quantitative estimate of drug-likeness (QED) is 0.476. The summed E-state index contributed by atoms with van der Waals surface area (Å²) in [4.78, 5) is 25.0. The van der Waals surface area contributed by atoms with E-state index in [0.29, 0.717) is 11.1 Å². The standard InChI is InChI=1S/C24H33NO3S/c1-9-10-25-14-17(13-20(25)29-15(2)26)21(27)16-11-18(23(3,4)5)22(28)19(12-16)24(6,7)8/h11-14,28H,9-10H2,1-8H3. The lowest BCUT2D eigenvalue weighted by atomic mass is 9.78. The van der Waals surface area contributed by atoms with Gasteiger partial charge in [0.2, 0.25) is 0 Å². The first-order chi connectivity index (χ1) is 13.3. The summed E-state index contributed by atoms with van der Waals surface area (Å²) in [7, 11) is 0. The van der Waals surface area contributed by atoms with Crippen LogP contribution in [0.5, 0.6) is 5.75 Å². The summed E-state index contributed by atoms with van der Waals surface area (Å²) in [5.74, 6) is 0.166. The molecule has 1 heterocycles. The maximum atomic E-state index is 13.4. The minimum atomic E-state index is -0.301. The Morgan fingerprint density at radius 2 is 1.48 bits per heavy atom. The largest absolute Gasteiger partial charge is 0.507 e. The number of ketones is 1. The molecule has 2 rings (SSSR count). The number of phenolic OH excluding ortho intramolecular Hbond substituents is 1. The van der Waals surface area contributed by atoms with Gasteiger partial charge in [-0.15, -0.1) is 0 Å². The van der Waals surface area contributed by atoms with Crippen molar-refractivity contribution in [1.82, 2.24) is 4.57 Å². The Morgan fingerprint density at radius 1 is 0.966 bits per heavy atom. The van der Waals surface area contributed by atoms with E-state index in [1.807, 2.05) is 64.4 Å². The Labute approximate surface area is 178 Å². The van der Waals surface area contributed by atoms with Crippen molar-refractivity contribution < 1.29 is 14.7 Å². The molecular weight excluding hydrogens is 382 g/mol. The predicted molar refractivity (Wildman–Crippen MR) is 120 cm³/mol. The molecule has 0 aliphatic heterocycles. The van der Waals surface area contributed by atoms with Crippen molar-refractivity contribution in [2.45, 2.75) is 84.2 Å². The van der Waals surface area contributed by atoms with Gasteiger partial charge in [-0.25, -0.2) is 0 Å². The summed E-state index contributed by atoms with van der Waals surface area (Å²) in [5.41, 5.74) is 2.05. The van der Waals surface area contributed by atoms with Gasteiger partial charge in [0.05, 0.1) is 5.03 Å². The summed E-state index contributed by atoms with van der Waals surface area (Å²) in [6.07, 6.45) is 2.74. The third kappa shape index (κ3) is 5.33. The molecular formula is C24H33NO3S. The zero-order valence-corrected chi connectivity index (χ0v) is 19.7. The highest BCUT2D eigenvalue weighted by Crippen LogP contribution is 2.40. The molecule has 1 aromatic heterocycles. The molecule has 0 fully saturated rings. The minimum absolute atomic E-state index is 0.00544. The van der Waals surface area contributed by atoms with Crippen LogP contribution < -0.4 is 0 Å². The Morgan fingerprint density at radius 3 is 1.90 bits per heavy atom. The number of phenols is 1. The van der Waals surface area contributed by atoms with Crippen LogP contribution in [0.4, 0.5) is 0 Å². The van der Waals surface area contributed by atoms with Gasteiger partial charge in [0.25, 0.3) is 0 Å². The van der Waals surface area contributed by atoms with Crippen LogP contribution in [0.2, 0.25) is 0 Å². The second-order valence-corrected chi connectivity index (χ2v) is 10.8. The van der Waals surface area contributed by atoms with Gasteiger partial charge in [0.15, 0.2) is 10.9 Å². The van der Waals surface area contributed by atoms with E-state index < -0.39 is 0 Å². The predicted octanol–water partition coefficient (Wildman–Crippen LogP) is 6.07. The monoisotopic (exact) mass is 415 g/mol. The third-order valence-electron chi connectivity index (χ3n) is 4.82. The van der Waals surface area contributed by atoms with Crippen LogP contribution in [0, 0.1) is 0 Å². The number of hydrogen-bond acceptors (Lipinski definition) is 4. The van der Waals surface area contributed by atoms with E-state index >= 15 is 0 Å². The molecule has 1 aromatic carbocycles. The zero-order valence-electron chi connectivity index (χ0n) is 18.8. The SMILES string of the molecule is CCCn1cc(C(=O)c2cc(C(C)(C)C)c(O)c(C(C)(C)C)c2)cc1SC(C)=O. The molecule has 29 heavy (non-hydrogen) atoms. The lowest BCUT2D eigenvalue weighted by Crippen LogP contribution is -2.19. The zero-order chi connectivity index (χ0) is 22.1. The van der Waals surface area contributed by atoms with Gasteiger partial charge in [-0.3, -0.25) is 9.59 Å². The highest BCUT2D eigenvalue weighted by atomic mass is 32.2. The molecule has 0 aliphatic rings. The maximum Gasteiger partial charge on any atom is 0.194 e. The van der Waals surface area contributed by atoms with Crippen LogP contribution in [0.1, 0.15) is 88.9 Å². The van der Waals surface area contributed by atoms with E-state index in [-0.39, 0.29) is 27.5 Å². The summed E-state index contributed by atoms with van der Waals surface area (Å²) >= 11 is 1.15. The van der Waals surface area contributed by atoms with E-state index in [1.165, 1.54) is 6.92 Å². The highest BCUT2D eigenvalue weighted by Gasteiger charge is 2.28. The molecule has 5 heteroatoms. The second-order valence-electron chi connectivity index (χ2n) is 9.60. The Kier molecular flexibility index (Phi) is 6.73. The number of aromatic hydroxyl groups is 1. The van der Waals surface area contributed by atoms with Gasteiger partial charge in [0.1, 0.15) is 5.75 Å². The molecule has 0 aliphatic carbocycles. The summed E-state index contributed by atoms with van der Waals surface area (Å²) in [6, 6.07) is 5.41. The molecule has 0 spiro atoms. The van der Waals surface area contributed by atoms with Crippen LogP contribution in [0.15, 0.2) is 29.4 Å². The normalized spacial score (nSPS) is 12.3. The number of carbonyl (C=O) groups excluding carboxylic acids is 2. The van der Waals surface area contributed by atoms with E-state index in [4.69, 9.17) is 0 Å². The number of rotatable bonds is 5. The molecule has 4 nitrogen and oxygen atoms in total. The van der Waals surface area contributed by atoms with Crippen molar-refractivity contribution in [3.05, 3.63) is 46.6 Å². The lowest BCUT2D eigenvalue weighted by molar-refractivity contribution is -0.109. The van der Waals surface area contributed by atoms with E-state index in [9.17, 15) is 14.7 Å². The molecule has 0 atom stereocenters. The molecule has 2 aromatic rings. The van der Waals surface area contributed by atoms with Crippen LogP contribution in [-0.4, -0.2) is 20.6 Å². The molecule has 0 radical (unpaired) electrons. The average molecular weight is 416 g/mol. The summed E-state index contributed by atoms with van der Waals surface area (Å²) < 4.78 is 1.97. The Hall–Kier alpha value is -2.01. The maximum absolute atomic E-state index is 13.4. The first-order valence-corrected chi connectivity index (χ1v) is 10.9. The molecule has 0 bridgehead atoms. The smallest absolute Gasteiger partial charge is 0.194 e. The summed E-state index contributed by atoms with van der Waals surface area (Å²) in [6.45, 7) is 16.5. The molecule has 158 valence electrons.